The number of hydrogen-bond acceptors (Lipinski definition) is 2. The Morgan fingerprint density at radius 3 is 2.61 bits per heavy atom. The molecule has 0 aliphatic carbocycles. The Bertz CT molecular complexity index is 352. The molecule has 1 aromatic carbocycles. The summed E-state index contributed by atoms with van der Waals surface area (Å²) in [4.78, 5) is 2.47. The lowest BCUT2D eigenvalue weighted by atomic mass is 9.97. The van der Waals surface area contributed by atoms with Crippen LogP contribution in [-0.4, -0.2) is 31.1 Å². The molecular weight excluding hydrogens is 220 g/mol. The molecule has 0 spiro atoms. The highest BCUT2D eigenvalue weighted by molar-refractivity contribution is 5.25. The van der Waals surface area contributed by atoms with Crippen LogP contribution in [-0.2, 0) is 6.54 Å². The molecule has 2 rings (SSSR count). The van der Waals surface area contributed by atoms with Gasteiger partial charge in [-0.2, -0.15) is 0 Å². The molecule has 1 saturated heterocycles. The Balaban J connectivity index is 1.93. The van der Waals surface area contributed by atoms with Crippen molar-refractivity contribution in [1.82, 2.24) is 10.2 Å². The van der Waals surface area contributed by atoms with Crippen molar-refractivity contribution in [3.8, 4) is 0 Å². The maximum Gasteiger partial charge on any atom is 0.0234 e. The van der Waals surface area contributed by atoms with E-state index in [1.165, 1.54) is 30.5 Å². The highest BCUT2D eigenvalue weighted by atomic mass is 15.2. The van der Waals surface area contributed by atoms with Crippen LogP contribution in [0.3, 0.4) is 0 Å². The van der Waals surface area contributed by atoms with Crippen LogP contribution >= 0.6 is 0 Å². The lowest BCUT2D eigenvalue weighted by molar-refractivity contribution is 0.249. The smallest absolute Gasteiger partial charge is 0.0234 e. The summed E-state index contributed by atoms with van der Waals surface area (Å²) in [6.07, 6.45) is 2.49. The van der Waals surface area contributed by atoms with Gasteiger partial charge in [-0.25, -0.2) is 0 Å². The van der Waals surface area contributed by atoms with Crippen LogP contribution in [0.25, 0.3) is 0 Å². The highest BCUT2D eigenvalue weighted by Gasteiger charge is 2.18. The predicted octanol–water partition coefficient (Wildman–Crippen LogP) is 2.99. The Morgan fingerprint density at radius 1 is 1.33 bits per heavy atom. The summed E-state index contributed by atoms with van der Waals surface area (Å²) in [5.74, 6) is 0.677. The van der Waals surface area contributed by atoms with E-state index < -0.39 is 0 Å². The minimum Gasteiger partial charge on any atom is -0.315 e. The minimum absolute atomic E-state index is 0.677. The second kappa shape index (κ2) is 6.35. The van der Waals surface area contributed by atoms with Gasteiger partial charge in [-0.05, 0) is 43.5 Å². The van der Waals surface area contributed by atoms with Crippen LogP contribution in [0.1, 0.15) is 43.7 Å². The first kappa shape index (κ1) is 13.6. The van der Waals surface area contributed by atoms with Gasteiger partial charge in [-0.3, -0.25) is 4.90 Å². The van der Waals surface area contributed by atoms with Crippen molar-refractivity contribution in [1.29, 1.82) is 0 Å². The molecule has 2 heteroatoms. The molecule has 0 aromatic heterocycles. The zero-order valence-corrected chi connectivity index (χ0v) is 11.9. The fraction of sp³-hybridized carbons (Fsp3) is 0.625. The first-order valence-corrected chi connectivity index (χ1v) is 7.20. The van der Waals surface area contributed by atoms with Crippen molar-refractivity contribution < 1.29 is 0 Å². The van der Waals surface area contributed by atoms with E-state index >= 15 is 0 Å². The maximum absolute atomic E-state index is 3.43. The summed E-state index contributed by atoms with van der Waals surface area (Å²) in [5, 5.41) is 3.43. The summed E-state index contributed by atoms with van der Waals surface area (Å²) < 4.78 is 0. The van der Waals surface area contributed by atoms with E-state index in [2.05, 4.69) is 55.4 Å². The van der Waals surface area contributed by atoms with Crippen molar-refractivity contribution in [2.75, 3.05) is 20.1 Å². The van der Waals surface area contributed by atoms with Gasteiger partial charge in [0.2, 0.25) is 0 Å². The summed E-state index contributed by atoms with van der Waals surface area (Å²) >= 11 is 0. The van der Waals surface area contributed by atoms with E-state index in [4.69, 9.17) is 0 Å². The van der Waals surface area contributed by atoms with Crippen LogP contribution in [0.5, 0.6) is 0 Å². The molecule has 0 radical (unpaired) electrons. The molecular formula is C16H26N2. The van der Waals surface area contributed by atoms with E-state index in [1.807, 2.05) is 0 Å². The average Bonchev–Trinajstić information content (AvgIpc) is 2.92. The fourth-order valence-corrected chi connectivity index (χ4v) is 2.62. The predicted molar refractivity (Wildman–Crippen MR) is 77.9 cm³/mol. The number of hydrogen-bond donors (Lipinski definition) is 1. The van der Waals surface area contributed by atoms with Gasteiger partial charge in [0.05, 0.1) is 0 Å². The molecule has 1 aliphatic heterocycles. The molecule has 0 amide bonds. The van der Waals surface area contributed by atoms with Gasteiger partial charge in [0, 0.05) is 19.1 Å². The lowest BCUT2D eigenvalue weighted by Crippen LogP contribution is -2.32. The van der Waals surface area contributed by atoms with E-state index in [-0.39, 0.29) is 0 Å². The molecule has 1 N–H and O–H groups in total. The topological polar surface area (TPSA) is 15.3 Å². The van der Waals surface area contributed by atoms with E-state index in [9.17, 15) is 0 Å². The zero-order chi connectivity index (χ0) is 13.0. The molecule has 0 saturated carbocycles. The van der Waals surface area contributed by atoms with Crippen LogP contribution in [0, 0.1) is 0 Å². The zero-order valence-electron chi connectivity index (χ0n) is 11.9. The second-order valence-corrected chi connectivity index (χ2v) is 5.61. The molecule has 1 aromatic rings. The van der Waals surface area contributed by atoms with E-state index in [1.54, 1.807) is 0 Å². The Kier molecular flexibility index (Phi) is 4.79. The first-order chi connectivity index (χ1) is 8.70. The van der Waals surface area contributed by atoms with E-state index in [0.29, 0.717) is 12.0 Å². The average molecular weight is 246 g/mol. The molecule has 2 nitrogen and oxygen atoms in total. The van der Waals surface area contributed by atoms with Crippen molar-refractivity contribution >= 4 is 0 Å². The molecule has 100 valence electrons. The number of benzene rings is 1. The molecule has 0 bridgehead atoms. The summed E-state index contributed by atoms with van der Waals surface area (Å²) in [7, 11) is 2.24. The Hall–Kier alpha value is -0.860. The molecule has 2 atom stereocenters. The monoisotopic (exact) mass is 246 g/mol. The van der Waals surface area contributed by atoms with E-state index in [0.717, 1.165) is 13.1 Å². The number of nitrogens with zero attached hydrogens (tertiary/aromatic N) is 1. The van der Waals surface area contributed by atoms with Gasteiger partial charge in [0.1, 0.15) is 0 Å². The SMILES string of the molecule is CCC(C)c1ccc(CN(C)C2CCNC2)cc1. The first-order valence-electron chi connectivity index (χ1n) is 7.20. The minimum atomic E-state index is 0.677. The van der Waals surface area contributed by atoms with Crippen molar-refractivity contribution in [2.24, 2.45) is 0 Å². The number of nitrogens with one attached hydrogen (secondary N) is 1. The van der Waals surface area contributed by atoms with Crippen molar-refractivity contribution in [3.05, 3.63) is 35.4 Å². The third-order valence-corrected chi connectivity index (χ3v) is 4.25. The van der Waals surface area contributed by atoms with Crippen LogP contribution in [0.4, 0.5) is 0 Å². The van der Waals surface area contributed by atoms with Gasteiger partial charge >= 0.3 is 0 Å². The second-order valence-electron chi connectivity index (χ2n) is 5.61. The number of likely N-dealkylation sites (N-methyl/N-ethyl adjacent to an activating group) is 1. The summed E-state index contributed by atoms with van der Waals surface area (Å²) in [6, 6.07) is 9.88. The van der Waals surface area contributed by atoms with Crippen LogP contribution < -0.4 is 5.32 Å². The molecule has 1 fully saturated rings. The normalized spacial score (nSPS) is 21.4. The van der Waals surface area contributed by atoms with Gasteiger partial charge in [-0.1, -0.05) is 38.1 Å². The van der Waals surface area contributed by atoms with Crippen LogP contribution in [0.15, 0.2) is 24.3 Å². The highest BCUT2D eigenvalue weighted by Crippen LogP contribution is 2.19. The summed E-state index contributed by atoms with van der Waals surface area (Å²) in [6.45, 7) is 7.92. The molecule has 1 aliphatic rings. The van der Waals surface area contributed by atoms with Gasteiger partial charge in [-0.15, -0.1) is 0 Å². The Labute approximate surface area is 111 Å². The van der Waals surface area contributed by atoms with Gasteiger partial charge < -0.3 is 5.32 Å². The lowest BCUT2D eigenvalue weighted by Gasteiger charge is -2.23. The quantitative estimate of drug-likeness (QED) is 0.859. The van der Waals surface area contributed by atoms with Gasteiger partial charge in [0.15, 0.2) is 0 Å². The third kappa shape index (κ3) is 3.33. The largest absolute Gasteiger partial charge is 0.315 e. The van der Waals surface area contributed by atoms with Gasteiger partial charge in [0.25, 0.3) is 0 Å². The fourth-order valence-electron chi connectivity index (χ4n) is 2.62. The molecule has 2 unspecified atom stereocenters. The molecule has 18 heavy (non-hydrogen) atoms. The third-order valence-electron chi connectivity index (χ3n) is 4.25. The van der Waals surface area contributed by atoms with Crippen molar-refractivity contribution in [3.63, 3.8) is 0 Å². The number of rotatable bonds is 5. The van der Waals surface area contributed by atoms with Crippen LogP contribution in [0.2, 0.25) is 0 Å². The standard InChI is InChI=1S/C16H26N2/c1-4-13(2)15-7-5-14(6-8-15)12-18(3)16-9-10-17-11-16/h5-8,13,16-17H,4,9-12H2,1-3H3. The van der Waals surface area contributed by atoms with Crippen molar-refractivity contribution in [2.45, 2.75) is 45.2 Å². The molecule has 1 heterocycles. The summed E-state index contributed by atoms with van der Waals surface area (Å²) in [5.41, 5.74) is 2.89. The maximum atomic E-state index is 3.43. The Morgan fingerprint density at radius 2 is 2.06 bits per heavy atom.